The van der Waals surface area contributed by atoms with Gasteiger partial charge in [-0.25, -0.2) is 4.79 Å². The van der Waals surface area contributed by atoms with Gasteiger partial charge in [0.05, 0.1) is 0 Å². The molecule has 1 aromatic heterocycles. The first-order chi connectivity index (χ1) is 7.57. The van der Waals surface area contributed by atoms with Crippen LogP contribution in [0.15, 0.2) is 15.7 Å². The van der Waals surface area contributed by atoms with Crippen LogP contribution in [-0.2, 0) is 14.1 Å². The molecule has 1 aromatic rings. The summed E-state index contributed by atoms with van der Waals surface area (Å²) in [6.45, 7) is 0.776. The van der Waals surface area contributed by atoms with Gasteiger partial charge in [0, 0.05) is 33.3 Å². The van der Waals surface area contributed by atoms with Gasteiger partial charge < -0.3 is 10.4 Å². The molecule has 0 fully saturated rings. The van der Waals surface area contributed by atoms with E-state index in [4.69, 9.17) is 5.11 Å². The largest absolute Gasteiger partial charge is 0.396 e. The van der Waals surface area contributed by atoms with Gasteiger partial charge in [-0.15, -0.1) is 0 Å². The SMILES string of the molecule is Cn1c(NCCCCO)cc(=O)n(C)c1=O. The Balaban J connectivity index is 2.82. The lowest BCUT2D eigenvalue weighted by Crippen LogP contribution is -2.37. The minimum absolute atomic E-state index is 0.150. The molecule has 6 nitrogen and oxygen atoms in total. The van der Waals surface area contributed by atoms with Gasteiger partial charge in [-0.1, -0.05) is 0 Å². The number of hydrogen-bond acceptors (Lipinski definition) is 4. The van der Waals surface area contributed by atoms with Gasteiger partial charge in [0.15, 0.2) is 0 Å². The number of unbranched alkanes of at least 4 members (excludes halogenated alkanes) is 1. The maximum absolute atomic E-state index is 11.5. The number of anilines is 1. The van der Waals surface area contributed by atoms with E-state index in [-0.39, 0.29) is 17.9 Å². The van der Waals surface area contributed by atoms with Crippen LogP contribution in [-0.4, -0.2) is 27.4 Å². The summed E-state index contributed by atoms with van der Waals surface area (Å²) in [6.07, 6.45) is 1.49. The number of aliphatic hydroxyl groups excluding tert-OH is 1. The lowest BCUT2D eigenvalue weighted by atomic mass is 10.3. The summed E-state index contributed by atoms with van der Waals surface area (Å²) in [6, 6.07) is 1.39. The van der Waals surface area contributed by atoms with Crippen molar-refractivity contribution < 1.29 is 5.11 Å². The summed E-state index contributed by atoms with van der Waals surface area (Å²) in [5.74, 6) is 0.506. The first kappa shape index (κ1) is 12.5. The Hall–Kier alpha value is -1.56. The summed E-state index contributed by atoms with van der Waals surface area (Å²) >= 11 is 0. The zero-order valence-electron chi connectivity index (χ0n) is 9.56. The minimum Gasteiger partial charge on any atom is -0.396 e. The molecule has 16 heavy (non-hydrogen) atoms. The smallest absolute Gasteiger partial charge is 0.332 e. The molecule has 0 aliphatic heterocycles. The topological polar surface area (TPSA) is 76.3 Å². The molecule has 1 heterocycles. The highest BCUT2D eigenvalue weighted by molar-refractivity contribution is 5.33. The second-order valence-corrected chi connectivity index (χ2v) is 3.63. The lowest BCUT2D eigenvalue weighted by Gasteiger charge is -2.11. The van der Waals surface area contributed by atoms with Crippen LogP contribution >= 0.6 is 0 Å². The Morgan fingerprint density at radius 1 is 1.25 bits per heavy atom. The monoisotopic (exact) mass is 227 g/mol. The van der Waals surface area contributed by atoms with Gasteiger partial charge in [-0.2, -0.15) is 0 Å². The Morgan fingerprint density at radius 2 is 1.94 bits per heavy atom. The van der Waals surface area contributed by atoms with E-state index in [2.05, 4.69) is 5.32 Å². The van der Waals surface area contributed by atoms with Crippen molar-refractivity contribution in [2.24, 2.45) is 14.1 Å². The van der Waals surface area contributed by atoms with E-state index < -0.39 is 0 Å². The molecular weight excluding hydrogens is 210 g/mol. The average Bonchev–Trinajstić information content (AvgIpc) is 2.28. The van der Waals surface area contributed by atoms with Gasteiger partial charge >= 0.3 is 5.69 Å². The molecule has 0 bridgehead atoms. The van der Waals surface area contributed by atoms with Crippen LogP contribution in [0, 0.1) is 0 Å². The summed E-state index contributed by atoms with van der Waals surface area (Å²) in [5.41, 5.74) is -0.676. The molecule has 1 rings (SSSR count). The van der Waals surface area contributed by atoms with Crippen LogP contribution in [0.3, 0.4) is 0 Å². The first-order valence-electron chi connectivity index (χ1n) is 5.19. The summed E-state index contributed by atoms with van der Waals surface area (Å²) in [4.78, 5) is 22.9. The van der Waals surface area contributed by atoms with Crippen LogP contribution in [0.2, 0.25) is 0 Å². The Morgan fingerprint density at radius 3 is 2.56 bits per heavy atom. The highest BCUT2D eigenvalue weighted by Gasteiger charge is 2.04. The Labute approximate surface area is 93.1 Å². The van der Waals surface area contributed by atoms with Crippen LogP contribution < -0.4 is 16.6 Å². The highest BCUT2D eigenvalue weighted by Crippen LogP contribution is 1.99. The van der Waals surface area contributed by atoms with Crippen molar-refractivity contribution in [2.45, 2.75) is 12.8 Å². The maximum Gasteiger partial charge on any atom is 0.332 e. The predicted octanol–water partition coefficient (Wildman–Crippen LogP) is -0.732. The quantitative estimate of drug-likeness (QED) is 0.650. The number of rotatable bonds is 5. The third kappa shape index (κ3) is 2.73. The zero-order valence-corrected chi connectivity index (χ0v) is 9.56. The van der Waals surface area contributed by atoms with Gasteiger partial charge in [-0.3, -0.25) is 13.9 Å². The third-order valence-corrected chi connectivity index (χ3v) is 2.42. The van der Waals surface area contributed by atoms with Crippen molar-refractivity contribution >= 4 is 5.82 Å². The third-order valence-electron chi connectivity index (χ3n) is 2.42. The van der Waals surface area contributed by atoms with Crippen molar-refractivity contribution in [3.8, 4) is 0 Å². The van der Waals surface area contributed by atoms with Crippen molar-refractivity contribution in [3.05, 3.63) is 26.9 Å². The molecule has 2 N–H and O–H groups in total. The molecule has 0 aromatic carbocycles. The van der Waals surface area contributed by atoms with Crippen LogP contribution in [0.25, 0.3) is 0 Å². The molecule has 90 valence electrons. The number of aromatic nitrogens is 2. The van der Waals surface area contributed by atoms with Crippen LogP contribution in [0.4, 0.5) is 5.82 Å². The summed E-state index contributed by atoms with van der Waals surface area (Å²) in [7, 11) is 3.05. The van der Waals surface area contributed by atoms with E-state index in [0.29, 0.717) is 18.8 Å². The Kier molecular flexibility index (Phi) is 4.30. The van der Waals surface area contributed by atoms with Crippen molar-refractivity contribution in [3.63, 3.8) is 0 Å². The number of hydrogen-bond donors (Lipinski definition) is 2. The maximum atomic E-state index is 11.5. The van der Waals surface area contributed by atoms with E-state index in [1.807, 2.05) is 0 Å². The fourth-order valence-electron chi connectivity index (χ4n) is 1.36. The molecule has 6 heteroatoms. The average molecular weight is 227 g/mol. The fraction of sp³-hybridized carbons (Fsp3) is 0.600. The molecular formula is C10H17N3O3. The number of nitrogens with one attached hydrogen (secondary N) is 1. The normalized spacial score (nSPS) is 10.4. The van der Waals surface area contributed by atoms with Gasteiger partial charge in [0.1, 0.15) is 5.82 Å². The first-order valence-corrected chi connectivity index (χ1v) is 5.19. The van der Waals surface area contributed by atoms with E-state index in [0.717, 1.165) is 11.0 Å². The van der Waals surface area contributed by atoms with E-state index in [1.54, 1.807) is 7.05 Å². The molecule has 0 radical (unpaired) electrons. The predicted molar refractivity (Wildman–Crippen MR) is 61.7 cm³/mol. The lowest BCUT2D eigenvalue weighted by molar-refractivity contribution is 0.286. The van der Waals surface area contributed by atoms with Crippen LogP contribution in [0.1, 0.15) is 12.8 Å². The van der Waals surface area contributed by atoms with E-state index in [1.165, 1.54) is 17.7 Å². The van der Waals surface area contributed by atoms with Gasteiger partial charge in [0.25, 0.3) is 5.56 Å². The molecule has 0 aliphatic carbocycles. The molecule has 0 atom stereocenters. The molecule has 0 unspecified atom stereocenters. The van der Waals surface area contributed by atoms with Crippen LogP contribution in [0.5, 0.6) is 0 Å². The fourth-order valence-corrected chi connectivity index (χ4v) is 1.36. The summed E-state index contributed by atoms with van der Waals surface area (Å²) < 4.78 is 2.44. The molecule has 0 spiro atoms. The molecule has 0 saturated heterocycles. The number of aliphatic hydroxyl groups is 1. The molecule has 0 saturated carbocycles. The summed E-state index contributed by atoms with van der Waals surface area (Å²) in [5, 5.41) is 11.6. The van der Waals surface area contributed by atoms with Gasteiger partial charge in [0.2, 0.25) is 0 Å². The molecule has 0 amide bonds. The zero-order chi connectivity index (χ0) is 12.1. The van der Waals surface area contributed by atoms with Crippen molar-refractivity contribution in [1.82, 2.24) is 9.13 Å². The Bertz CT molecular complexity index is 461. The second kappa shape index (κ2) is 5.50. The van der Waals surface area contributed by atoms with Gasteiger partial charge in [-0.05, 0) is 12.8 Å². The second-order valence-electron chi connectivity index (χ2n) is 3.63. The minimum atomic E-state index is -0.350. The highest BCUT2D eigenvalue weighted by atomic mass is 16.3. The van der Waals surface area contributed by atoms with Crippen molar-refractivity contribution in [1.29, 1.82) is 0 Å². The van der Waals surface area contributed by atoms with E-state index >= 15 is 0 Å². The number of nitrogens with zero attached hydrogens (tertiary/aromatic N) is 2. The van der Waals surface area contributed by atoms with Crippen molar-refractivity contribution in [2.75, 3.05) is 18.5 Å². The van der Waals surface area contributed by atoms with E-state index in [9.17, 15) is 9.59 Å². The molecule has 0 aliphatic rings. The standard InChI is InChI=1S/C10H17N3O3/c1-12-8(11-5-3-4-6-14)7-9(15)13(2)10(12)16/h7,11,14H,3-6H2,1-2H3.